The van der Waals surface area contributed by atoms with E-state index >= 15 is 0 Å². The van der Waals surface area contributed by atoms with Crippen LogP contribution >= 0.6 is 11.8 Å². The van der Waals surface area contributed by atoms with Crippen molar-refractivity contribution in [3.05, 3.63) is 54.1 Å². The van der Waals surface area contributed by atoms with Gasteiger partial charge in [-0.1, -0.05) is 30.3 Å². The van der Waals surface area contributed by atoms with E-state index in [0.717, 1.165) is 12.2 Å². The fourth-order valence-electron chi connectivity index (χ4n) is 3.05. The molecule has 0 bridgehead atoms. The number of ether oxygens (including phenoxy) is 2. The first-order valence-corrected chi connectivity index (χ1v) is 10.9. The highest BCUT2D eigenvalue weighted by atomic mass is 32.2. The second-order valence-electron chi connectivity index (χ2n) is 5.98. The summed E-state index contributed by atoms with van der Waals surface area (Å²) in [6, 6.07) is 15.0. The molecule has 0 radical (unpaired) electrons. The summed E-state index contributed by atoms with van der Waals surface area (Å²) < 4.78 is 38.2. The van der Waals surface area contributed by atoms with Gasteiger partial charge < -0.3 is 9.47 Å². The van der Waals surface area contributed by atoms with Crippen LogP contribution in [-0.2, 0) is 10.0 Å². The van der Waals surface area contributed by atoms with E-state index in [4.69, 9.17) is 9.47 Å². The van der Waals surface area contributed by atoms with Crippen molar-refractivity contribution in [3.8, 4) is 11.5 Å². The fraction of sp³-hybridized carbons (Fsp3) is 0.368. The number of rotatable bonds is 5. The number of methoxy groups -OCH3 is 2. The van der Waals surface area contributed by atoms with Crippen LogP contribution in [0.1, 0.15) is 17.2 Å². The highest BCUT2D eigenvalue weighted by molar-refractivity contribution is 7.99. The minimum absolute atomic E-state index is 0.235. The Bertz CT molecular complexity index is 840. The molecule has 1 heterocycles. The van der Waals surface area contributed by atoms with Gasteiger partial charge in [-0.2, -0.15) is 16.1 Å². The first-order chi connectivity index (χ1) is 12.6. The van der Waals surface area contributed by atoms with Gasteiger partial charge in [0.25, 0.3) is 0 Å². The molecule has 1 atom stereocenters. The molecular weight excluding hydrogens is 370 g/mol. The molecule has 5 nitrogen and oxygen atoms in total. The molecule has 1 aliphatic rings. The van der Waals surface area contributed by atoms with Gasteiger partial charge in [0.2, 0.25) is 10.0 Å². The molecule has 1 saturated heterocycles. The first-order valence-electron chi connectivity index (χ1n) is 8.45. The van der Waals surface area contributed by atoms with Crippen molar-refractivity contribution in [1.82, 2.24) is 4.31 Å². The number of benzene rings is 2. The van der Waals surface area contributed by atoms with Crippen LogP contribution in [-0.4, -0.2) is 45.8 Å². The molecule has 2 aromatic carbocycles. The third-order valence-corrected chi connectivity index (χ3v) is 7.69. The summed E-state index contributed by atoms with van der Waals surface area (Å²) in [6.45, 7) is 1.01. The Hall–Kier alpha value is -1.70. The molecule has 3 rings (SSSR count). The van der Waals surface area contributed by atoms with Crippen LogP contribution in [0.15, 0.2) is 53.4 Å². The minimum Gasteiger partial charge on any atom is -0.493 e. The zero-order chi connectivity index (χ0) is 18.6. The van der Waals surface area contributed by atoms with Crippen molar-refractivity contribution >= 4 is 21.8 Å². The van der Waals surface area contributed by atoms with Crippen LogP contribution in [0.5, 0.6) is 11.5 Å². The lowest BCUT2D eigenvalue weighted by molar-refractivity contribution is 0.353. The second kappa shape index (κ2) is 8.33. The predicted octanol–water partition coefficient (Wildman–Crippen LogP) is 3.57. The zero-order valence-electron chi connectivity index (χ0n) is 14.9. The number of sulfonamides is 1. The molecule has 1 aliphatic heterocycles. The van der Waals surface area contributed by atoms with E-state index in [2.05, 4.69) is 12.1 Å². The van der Waals surface area contributed by atoms with Crippen LogP contribution in [0.2, 0.25) is 0 Å². The molecule has 1 unspecified atom stereocenters. The topological polar surface area (TPSA) is 55.8 Å². The van der Waals surface area contributed by atoms with Gasteiger partial charge in [-0.25, -0.2) is 8.42 Å². The molecule has 0 saturated carbocycles. The van der Waals surface area contributed by atoms with Crippen molar-refractivity contribution in [2.45, 2.75) is 16.6 Å². The monoisotopic (exact) mass is 393 g/mol. The fourth-order valence-corrected chi connectivity index (χ4v) is 5.87. The molecule has 0 N–H and O–H groups in total. The zero-order valence-corrected chi connectivity index (χ0v) is 16.6. The van der Waals surface area contributed by atoms with Crippen molar-refractivity contribution < 1.29 is 17.9 Å². The Morgan fingerprint density at radius 1 is 1.00 bits per heavy atom. The molecule has 0 amide bonds. The van der Waals surface area contributed by atoms with Gasteiger partial charge in [-0.3, -0.25) is 0 Å². The van der Waals surface area contributed by atoms with E-state index in [0.29, 0.717) is 29.8 Å². The Morgan fingerprint density at radius 3 is 2.42 bits per heavy atom. The van der Waals surface area contributed by atoms with Crippen LogP contribution in [0.3, 0.4) is 0 Å². The lowest BCUT2D eigenvalue weighted by Gasteiger charge is -2.20. The van der Waals surface area contributed by atoms with Gasteiger partial charge in [0.15, 0.2) is 11.5 Å². The van der Waals surface area contributed by atoms with Gasteiger partial charge in [0.05, 0.1) is 19.1 Å². The predicted molar refractivity (Wildman–Crippen MR) is 105 cm³/mol. The third-order valence-electron chi connectivity index (χ3n) is 4.46. The van der Waals surface area contributed by atoms with Crippen LogP contribution in [0.25, 0.3) is 0 Å². The summed E-state index contributed by atoms with van der Waals surface area (Å²) in [6.07, 6.45) is 0.793. The highest BCUT2D eigenvalue weighted by Crippen LogP contribution is 2.36. The number of thioether (sulfide) groups is 1. The van der Waals surface area contributed by atoms with Gasteiger partial charge in [-0.15, -0.1) is 0 Å². The largest absolute Gasteiger partial charge is 0.493 e. The maximum Gasteiger partial charge on any atom is 0.243 e. The standard InChI is InChI=1S/C19H23NO4S2/c1-23-17-9-8-16(14-18(17)24-2)26(21,22)20-11-10-19(25-13-12-20)15-6-4-3-5-7-15/h3-9,14,19H,10-13H2,1-2H3. The van der Waals surface area contributed by atoms with E-state index in [1.54, 1.807) is 16.4 Å². The Morgan fingerprint density at radius 2 is 1.73 bits per heavy atom. The van der Waals surface area contributed by atoms with Gasteiger partial charge in [-0.05, 0) is 24.1 Å². The summed E-state index contributed by atoms with van der Waals surface area (Å²) in [5.41, 5.74) is 1.25. The molecule has 1 fully saturated rings. The lowest BCUT2D eigenvalue weighted by Crippen LogP contribution is -2.33. The molecule has 0 aliphatic carbocycles. The van der Waals surface area contributed by atoms with E-state index in [-0.39, 0.29) is 4.90 Å². The Balaban J connectivity index is 1.80. The molecule has 26 heavy (non-hydrogen) atoms. The second-order valence-corrected chi connectivity index (χ2v) is 9.23. The van der Waals surface area contributed by atoms with Gasteiger partial charge in [0.1, 0.15) is 0 Å². The quantitative estimate of drug-likeness (QED) is 0.777. The van der Waals surface area contributed by atoms with E-state index < -0.39 is 10.0 Å². The summed E-state index contributed by atoms with van der Waals surface area (Å²) >= 11 is 1.82. The summed E-state index contributed by atoms with van der Waals surface area (Å²) in [5.74, 6) is 1.70. The van der Waals surface area contributed by atoms with Crippen LogP contribution in [0, 0.1) is 0 Å². The maximum absolute atomic E-state index is 13.1. The molecule has 0 aromatic heterocycles. The smallest absolute Gasteiger partial charge is 0.243 e. The van der Waals surface area contributed by atoms with Gasteiger partial charge in [0, 0.05) is 30.2 Å². The van der Waals surface area contributed by atoms with Gasteiger partial charge >= 0.3 is 0 Å². The molecule has 2 aromatic rings. The van der Waals surface area contributed by atoms with Crippen molar-refractivity contribution in [2.75, 3.05) is 33.1 Å². The van der Waals surface area contributed by atoms with E-state index in [1.165, 1.54) is 25.8 Å². The first kappa shape index (κ1) is 19.1. The van der Waals surface area contributed by atoms with Crippen molar-refractivity contribution in [2.24, 2.45) is 0 Å². The Labute approximate surface area is 159 Å². The molecular formula is C19H23NO4S2. The molecule has 7 heteroatoms. The Kier molecular flexibility index (Phi) is 6.11. The minimum atomic E-state index is -3.56. The van der Waals surface area contributed by atoms with Crippen LogP contribution < -0.4 is 9.47 Å². The maximum atomic E-state index is 13.1. The average Bonchev–Trinajstić information content (AvgIpc) is 2.95. The van der Waals surface area contributed by atoms with Crippen LogP contribution in [0.4, 0.5) is 0 Å². The van der Waals surface area contributed by atoms with Crippen molar-refractivity contribution in [3.63, 3.8) is 0 Å². The molecule has 140 valence electrons. The summed E-state index contributed by atoms with van der Waals surface area (Å²) in [7, 11) is -0.533. The van der Waals surface area contributed by atoms with E-state index in [1.807, 2.05) is 30.0 Å². The third kappa shape index (κ3) is 4.00. The summed E-state index contributed by atoms with van der Waals surface area (Å²) in [4.78, 5) is 0.235. The van der Waals surface area contributed by atoms with E-state index in [9.17, 15) is 8.42 Å². The normalized spacial score (nSPS) is 18.9. The summed E-state index contributed by atoms with van der Waals surface area (Å²) in [5, 5.41) is 0.321. The lowest BCUT2D eigenvalue weighted by atomic mass is 10.1. The SMILES string of the molecule is COc1ccc(S(=O)(=O)N2CCSC(c3ccccc3)CC2)cc1OC. The molecule has 0 spiro atoms. The van der Waals surface area contributed by atoms with Crippen molar-refractivity contribution in [1.29, 1.82) is 0 Å². The number of nitrogens with zero attached hydrogens (tertiary/aromatic N) is 1. The number of hydrogen-bond acceptors (Lipinski definition) is 5. The highest BCUT2D eigenvalue weighted by Gasteiger charge is 2.29. The number of hydrogen-bond donors (Lipinski definition) is 0. The average molecular weight is 394 g/mol.